The van der Waals surface area contributed by atoms with Gasteiger partial charge in [0.2, 0.25) is 0 Å². The molecular weight excluding hydrogens is 309 g/mol. The fourth-order valence-corrected chi connectivity index (χ4v) is 3.97. The molecule has 3 rings (SSSR count). The van der Waals surface area contributed by atoms with Gasteiger partial charge in [-0.25, -0.2) is 4.39 Å². The molecule has 2 atom stereocenters. The molecule has 2 saturated heterocycles. The van der Waals surface area contributed by atoms with E-state index in [2.05, 4.69) is 20.8 Å². The number of fused-ring (bicyclic) bond motifs is 1. The molecule has 2 aliphatic rings. The number of piperidine rings is 1. The van der Waals surface area contributed by atoms with Crippen LogP contribution in [0.4, 0.5) is 4.39 Å². The molecule has 0 spiro atoms. The SMILES string of the molecule is OC1(Cc2cc(F)ccc2Br)CCN2CCCCC21. The van der Waals surface area contributed by atoms with E-state index in [0.29, 0.717) is 6.42 Å². The van der Waals surface area contributed by atoms with Gasteiger partial charge in [-0.1, -0.05) is 22.4 Å². The van der Waals surface area contributed by atoms with Gasteiger partial charge in [-0.15, -0.1) is 0 Å². The van der Waals surface area contributed by atoms with E-state index in [1.807, 2.05) is 0 Å². The van der Waals surface area contributed by atoms with Crippen molar-refractivity contribution in [2.24, 2.45) is 0 Å². The standard InChI is InChI=1S/C15H19BrFNO/c16-13-5-4-12(17)9-11(13)10-15(19)6-8-18-7-2-1-3-14(15)18/h4-5,9,14,19H,1-3,6-8,10H2. The third kappa shape index (κ3) is 2.58. The number of nitrogens with zero attached hydrogens (tertiary/aromatic N) is 1. The average molecular weight is 328 g/mol. The molecule has 0 aromatic heterocycles. The van der Waals surface area contributed by atoms with Crippen molar-refractivity contribution in [3.05, 3.63) is 34.1 Å². The van der Waals surface area contributed by atoms with E-state index in [0.717, 1.165) is 36.0 Å². The molecule has 0 amide bonds. The highest BCUT2D eigenvalue weighted by Crippen LogP contribution is 2.38. The lowest BCUT2D eigenvalue weighted by molar-refractivity contribution is -0.00901. The summed E-state index contributed by atoms with van der Waals surface area (Å²) in [5, 5.41) is 11.0. The van der Waals surface area contributed by atoms with Crippen molar-refractivity contribution >= 4 is 15.9 Å². The predicted octanol–water partition coefficient (Wildman–Crippen LogP) is 3.12. The maximum Gasteiger partial charge on any atom is 0.123 e. The van der Waals surface area contributed by atoms with Crippen LogP contribution in [0.2, 0.25) is 0 Å². The van der Waals surface area contributed by atoms with Crippen LogP contribution in [0.5, 0.6) is 0 Å². The van der Waals surface area contributed by atoms with E-state index in [4.69, 9.17) is 0 Å². The highest BCUT2D eigenvalue weighted by atomic mass is 79.9. The van der Waals surface area contributed by atoms with Gasteiger partial charge in [0.15, 0.2) is 0 Å². The third-order valence-electron chi connectivity index (χ3n) is 4.57. The quantitative estimate of drug-likeness (QED) is 0.902. The number of benzene rings is 1. The first-order chi connectivity index (χ1) is 9.08. The Kier molecular flexibility index (Phi) is 3.67. The molecular formula is C15H19BrFNO. The van der Waals surface area contributed by atoms with E-state index in [-0.39, 0.29) is 11.9 Å². The van der Waals surface area contributed by atoms with Crippen molar-refractivity contribution in [1.29, 1.82) is 0 Å². The van der Waals surface area contributed by atoms with Crippen molar-refractivity contribution in [3.63, 3.8) is 0 Å². The summed E-state index contributed by atoms with van der Waals surface area (Å²) in [4.78, 5) is 2.40. The van der Waals surface area contributed by atoms with Gasteiger partial charge in [-0.2, -0.15) is 0 Å². The number of hydrogen-bond acceptors (Lipinski definition) is 2. The summed E-state index contributed by atoms with van der Waals surface area (Å²) in [5.41, 5.74) is 0.173. The van der Waals surface area contributed by atoms with Crippen molar-refractivity contribution in [2.75, 3.05) is 13.1 Å². The fourth-order valence-electron chi connectivity index (χ4n) is 3.59. The summed E-state index contributed by atoms with van der Waals surface area (Å²) in [5.74, 6) is -0.236. The Hall–Kier alpha value is -0.450. The van der Waals surface area contributed by atoms with Gasteiger partial charge in [-0.3, -0.25) is 4.90 Å². The highest BCUT2D eigenvalue weighted by Gasteiger charge is 2.46. The van der Waals surface area contributed by atoms with E-state index in [9.17, 15) is 9.50 Å². The second kappa shape index (κ2) is 5.15. The van der Waals surface area contributed by atoms with Crippen LogP contribution in [0.1, 0.15) is 31.2 Å². The van der Waals surface area contributed by atoms with Crippen LogP contribution < -0.4 is 0 Å². The van der Waals surface area contributed by atoms with E-state index in [1.54, 1.807) is 6.07 Å². The predicted molar refractivity (Wildman–Crippen MR) is 76.6 cm³/mol. The molecule has 1 aromatic rings. The minimum absolute atomic E-state index is 0.236. The van der Waals surface area contributed by atoms with Crippen molar-refractivity contribution in [1.82, 2.24) is 4.90 Å². The first-order valence-corrected chi connectivity index (χ1v) is 7.78. The number of aliphatic hydroxyl groups is 1. The summed E-state index contributed by atoms with van der Waals surface area (Å²) in [6.07, 6.45) is 4.81. The van der Waals surface area contributed by atoms with E-state index in [1.165, 1.54) is 25.0 Å². The van der Waals surface area contributed by atoms with Gasteiger partial charge in [0.05, 0.1) is 5.60 Å². The van der Waals surface area contributed by atoms with Crippen molar-refractivity contribution < 1.29 is 9.50 Å². The Balaban J connectivity index is 1.83. The summed E-state index contributed by atoms with van der Waals surface area (Å²) in [6.45, 7) is 2.06. The van der Waals surface area contributed by atoms with Gasteiger partial charge in [0.25, 0.3) is 0 Å². The monoisotopic (exact) mass is 327 g/mol. The van der Waals surface area contributed by atoms with Crippen LogP contribution >= 0.6 is 15.9 Å². The molecule has 2 aliphatic heterocycles. The molecule has 1 N–H and O–H groups in total. The molecule has 2 heterocycles. The third-order valence-corrected chi connectivity index (χ3v) is 5.34. The van der Waals surface area contributed by atoms with Gasteiger partial charge < -0.3 is 5.11 Å². The minimum Gasteiger partial charge on any atom is -0.388 e. The zero-order valence-electron chi connectivity index (χ0n) is 10.9. The molecule has 2 fully saturated rings. The van der Waals surface area contributed by atoms with Gasteiger partial charge in [0.1, 0.15) is 5.82 Å². The molecule has 0 bridgehead atoms. The molecule has 2 unspecified atom stereocenters. The van der Waals surface area contributed by atoms with Crippen molar-refractivity contribution in [3.8, 4) is 0 Å². The van der Waals surface area contributed by atoms with E-state index < -0.39 is 5.60 Å². The lowest BCUT2D eigenvalue weighted by Gasteiger charge is -2.37. The minimum atomic E-state index is -0.698. The maximum absolute atomic E-state index is 13.4. The van der Waals surface area contributed by atoms with Crippen LogP contribution in [0.15, 0.2) is 22.7 Å². The highest BCUT2D eigenvalue weighted by molar-refractivity contribution is 9.10. The Bertz CT molecular complexity index is 481. The Morgan fingerprint density at radius 2 is 2.21 bits per heavy atom. The molecule has 19 heavy (non-hydrogen) atoms. The van der Waals surface area contributed by atoms with Crippen LogP contribution in [0.3, 0.4) is 0 Å². The van der Waals surface area contributed by atoms with Crippen molar-refractivity contribution in [2.45, 2.75) is 43.7 Å². The molecule has 104 valence electrons. The lowest BCUT2D eigenvalue weighted by atomic mass is 9.84. The summed E-state index contributed by atoms with van der Waals surface area (Å²) in [6, 6.07) is 4.95. The normalized spacial score (nSPS) is 31.4. The van der Waals surface area contributed by atoms with Gasteiger partial charge in [0, 0.05) is 23.5 Å². The second-order valence-electron chi connectivity index (χ2n) is 5.81. The molecule has 0 aliphatic carbocycles. The van der Waals surface area contributed by atoms with Crippen LogP contribution in [0, 0.1) is 5.82 Å². The largest absolute Gasteiger partial charge is 0.388 e. The van der Waals surface area contributed by atoms with E-state index >= 15 is 0 Å². The van der Waals surface area contributed by atoms with Crippen LogP contribution in [0.25, 0.3) is 0 Å². The first-order valence-electron chi connectivity index (χ1n) is 6.99. The number of halogens is 2. The maximum atomic E-state index is 13.4. The van der Waals surface area contributed by atoms with Gasteiger partial charge in [-0.05, 0) is 49.6 Å². The zero-order chi connectivity index (χ0) is 13.5. The molecule has 2 nitrogen and oxygen atoms in total. The average Bonchev–Trinajstić information content (AvgIpc) is 2.73. The number of hydrogen-bond donors (Lipinski definition) is 1. The fraction of sp³-hybridized carbons (Fsp3) is 0.600. The van der Waals surface area contributed by atoms with Crippen LogP contribution in [-0.2, 0) is 6.42 Å². The molecule has 0 saturated carbocycles. The smallest absolute Gasteiger partial charge is 0.123 e. The lowest BCUT2D eigenvalue weighted by Crippen LogP contribution is -2.48. The Labute approximate surface area is 121 Å². The summed E-state index contributed by atoms with van der Waals surface area (Å²) >= 11 is 3.46. The molecule has 4 heteroatoms. The summed E-state index contributed by atoms with van der Waals surface area (Å²) < 4.78 is 14.3. The Morgan fingerprint density at radius 1 is 1.37 bits per heavy atom. The molecule has 1 aromatic carbocycles. The summed E-state index contributed by atoms with van der Waals surface area (Å²) in [7, 11) is 0. The first kappa shape index (κ1) is 13.5. The Morgan fingerprint density at radius 3 is 3.05 bits per heavy atom. The second-order valence-corrected chi connectivity index (χ2v) is 6.67. The molecule has 0 radical (unpaired) electrons. The number of rotatable bonds is 2. The topological polar surface area (TPSA) is 23.5 Å². The van der Waals surface area contributed by atoms with Crippen LogP contribution in [-0.4, -0.2) is 34.7 Å². The van der Waals surface area contributed by atoms with Gasteiger partial charge >= 0.3 is 0 Å². The zero-order valence-corrected chi connectivity index (χ0v) is 12.5.